The first-order chi connectivity index (χ1) is 5.26. The van der Waals surface area contributed by atoms with Gasteiger partial charge in [-0.2, -0.15) is 0 Å². The van der Waals surface area contributed by atoms with Gasteiger partial charge in [0, 0.05) is 7.05 Å². The Morgan fingerprint density at radius 3 is 2.36 bits per heavy atom. The average molecular weight is 153 g/mol. The summed E-state index contributed by atoms with van der Waals surface area (Å²) in [6.45, 7) is 6.50. The third kappa shape index (κ3) is 3.87. The van der Waals surface area contributed by atoms with Gasteiger partial charge in [0.25, 0.3) is 0 Å². The number of rotatable bonds is 4. The fourth-order valence-corrected chi connectivity index (χ4v) is 1.14. The normalized spacial score (nSPS) is 13.5. The maximum Gasteiger partial charge on any atom is 0.00278 e. The molecule has 1 heteroatoms. The molecule has 11 heavy (non-hydrogen) atoms. The van der Waals surface area contributed by atoms with Crippen molar-refractivity contribution < 1.29 is 0 Å². The van der Waals surface area contributed by atoms with Crippen LogP contribution in [0.1, 0.15) is 33.6 Å². The van der Waals surface area contributed by atoms with Crippen LogP contribution in [0.5, 0.6) is 0 Å². The molecule has 0 spiro atoms. The van der Waals surface area contributed by atoms with Crippen LogP contribution in [-0.4, -0.2) is 7.05 Å². The number of nitrogens with one attached hydrogen (secondary N) is 1. The summed E-state index contributed by atoms with van der Waals surface area (Å²) >= 11 is 0. The lowest BCUT2D eigenvalue weighted by Crippen LogP contribution is -1.96. The van der Waals surface area contributed by atoms with Crippen molar-refractivity contribution in [3.05, 3.63) is 23.4 Å². The third-order valence-electron chi connectivity index (χ3n) is 1.70. The summed E-state index contributed by atoms with van der Waals surface area (Å²) < 4.78 is 0. The van der Waals surface area contributed by atoms with Crippen molar-refractivity contribution in [2.75, 3.05) is 7.05 Å². The smallest absolute Gasteiger partial charge is 0.00278 e. The third-order valence-corrected chi connectivity index (χ3v) is 1.70. The van der Waals surface area contributed by atoms with E-state index < -0.39 is 0 Å². The Morgan fingerprint density at radius 1 is 1.36 bits per heavy atom. The van der Waals surface area contributed by atoms with E-state index in [9.17, 15) is 0 Å². The van der Waals surface area contributed by atoms with E-state index in [0.717, 1.165) is 12.8 Å². The largest absolute Gasteiger partial charge is 0.394 e. The van der Waals surface area contributed by atoms with E-state index in [1.165, 1.54) is 11.1 Å². The Balaban J connectivity index is 4.25. The highest BCUT2D eigenvalue weighted by atomic mass is 14.8. The van der Waals surface area contributed by atoms with E-state index in [1.54, 1.807) is 0 Å². The molecular formula is C10H19N. The molecule has 0 aromatic carbocycles. The van der Waals surface area contributed by atoms with Gasteiger partial charge in [-0.15, -0.1) is 0 Å². The first kappa shape index (κ1) is 10.3. The van der Waals surface area contributed by atoms with Crippen molar-refractivity contribution >= 4 is 0 Å². The Morgan fingerprint density at radius 2 is 2.00 bits per heavy atom. The molecule has 0 radical (unpaired) electrons. The van der Waals surface area contributed by atoms with E-state index >= 15 is 0 Å². The zero-order chi connectivity index (χ0) is 8.69. The van der Waals surface area contributed by atoms with E-state index in [-0.39, 0.29) is 0 Å². The van der Waals surface area contributed by atoms with Gasteiger partial charge in [0.15, 0.2) is 0 Å². The van der Waals surface area contributed by atoms with Gasteiger partial charge < -0.3 is 5.32 Å². The zero-order valence-corrected chi connectivity index (χ0v) is 8.07. The Bertz CT molecular complexity index is 154. The SMILES string of the molecule is CC/C=C(CC)/C(C)=C\NC. The van der Waals surface area contributed by atoms with E-state index in [4.69, 9.17) is 0 Å². The van der Waals surface area contributed by atoms with Crippen molar-refractivity contribution in [2.24, 2.45) is 0 Å². The van der Waals surface area contributed by atoms with Gasteiger partial charge in [-0.05, 0) is 37.1 Å². The summed E-state index contributed by atoms with van der Waals surface area (Å²) in [5, 5.41) is 3.04. The molecule has 0 aliphatic heterocycles. The lowest BCUT2D eigenvalue weighted by Gasteiger charge is -2.03. The summed E-state index contributed by atoms with van der Waals surface area (Å²) in [6.07, 6.45) is 6.57. The van der Waals surface area contributed by atoms with Crippen molar-refractivity contribution in [3.63, 3.8) is 0 Å². The summed E-state index contributed by atoms with van der Waals surface area (Å²) in [5.74, 6) is 0. The summed E-state index contributed by atoms with van der Waals surface area (Å²) in [6, 6.07) is 0. The van der Waals surface area contributed by atoms with Gasteiger partial charge >= 0.3 is 0 Å². The van der Waals surface area contributed by atoms with Crippen LogP contribution in [0.4, 0.5) is 0 Å². The highest BCUT2D eigenvalue weighted by molar-refractivity contribution is 5.27. The Hall–Kier alpha value is -0.720. The van der Waals surface area contributed by atoms with Gasteiger partial charge in [0.2, 0.25) is 0 Å². The van der Waals surface area contributed by atoms with Crippen LogP contribution in [0.25, 0.3) is 0 Å². The monoisotopic (exact) mass is 153 g/mol. The quantitative estimate of drug-likeness (QED) is 0.612. The number of hydrogen-bond donors (Lipinski definition) is 1. The molecule has 0 aromatic rings. The van der Waals surface area contributed by atoms with Gasteiger partial charge in [-0.25, -0.2) is 0 Å². The molecule has 0 unspecified atom stereocenters. The zero-order valence-electron chi connectivity index (χ0n) is 8.07. The van der Waals surface area contributed by atoms with Crippen LogP contribution >= 0.6 is 0 Å². The first-order valence-electron chi connectivity index (χ1n) is 4.29. The molecule has 0 saturated heterocycles. The maximum absolute atomic E-state index is 3.04. The number of allylic oxidation sites excluding steroid dienone is 3. The molecule has 0 fully saturated rings. The van der Waals surface area contributed by atoms with Crippen molar-refractivity contribution in [1.82, 2.24) is 5.32 Å². The van der Waals surface area contributed by atoms with Crippen LogP contribution in [0.15, 0.2) is 23.4 Å². The van der Waals surface area contributed by atoms with Crippen molar-refractivity contribution in [2.45, 2.75) is 33.6 Å². The highest BCUT2D eigenvalue weighted by Crippen LogP contribution is 2.12. The maximum atomic E-state index is 3.04. The molecule has 0 bridgehead atoms. The van der Waals surface area contributed by atoms with Crippen LogP contribution in [0, 0.1) is 0 Å². The minimum atomic E-state index is 1.12. The molecule has 0 rings (SSSR count). The van der Waals surface area contributed by atoms with Crippen LogP contribution in [-0.2, 0) is 0 Å². The van der Waals surface area contributed by atoms with E-state index in [2.05, 4.69) is 32.2 Å². The molecule has 1 nitrogen and oxygen atoms in total. The number of hydrogen-bond acceptors (Lipinski definition) is 1. The second-order valence-corrected chi connectivity index (χ2v) is 2.61. The Labute approximate surface area is 70.2 Å². The summed E-state index contributed by atoms with van der Waals surface area (Å²) in [4.78, 5) is 0. The van der Waals surface area contributed by atoms with Gasteiger partial charge in [-0.1, -0.05) is 19.9 Å². The molecular weight excluding hydrogens is 134 g/mol. The highest BCUT2D eigenvalue weighted by Gasteiger charge is 1.94. The summed E-state index contributed by atoms with van der Waals surface area (Å²) in [7, 11) is 1.93. The van der Waals surface area contributed by atoms with E-state index in [0.29, 0.717) is 0 Å². The predicted octanol–water partition coefficient (Wildman–Crippen LogP) is 2.86. The lowest BCUT2D eigenvalue weighted by molar-refractivity contribution is 1.02. The van der Waals surface area contributed by atoms with Crippen LogP contribution < -0.4 is 5.32 Å². The predicted molar refractivity (Wildman–Crippen MR) is 51.5 cm³/mol. The standard InChI is InChI=1S/C10H19N/c1-5-7-10(6-2)9(3)8-11-4/h7-8,11H,5-6H2,1-4H3/b9-8-,10-7+. The molecule has 64 valence electrons. The van der Waals surface area contributed by atoms with Crippen LogP contribution in [0.2, 0.25) is 0 Å². The molecule has 0 atom stereocenters. The Kier molecular flexibility index (Phi) is 5.63. The second-order valence-electron chi connectivity index (χ2n) is 2.61. The molecule has 0 aliphatic rings. The second kappa shape index (κ2) is 6.02. The molecule has 0 heterocycles. The lowest BCUT2D eigenvalue weighted by atomic mass is 10.1. The van der Waals surface area contributed by atoms with Crippen molar-refractivity contribution in [3.8, 4) is 0 Å². The van der Waals surface area contributed by atoms with Gasteiger partial charge in [-0.3, -0.25) is 0 Å². The van der Waals surface area contributed by atoms with E-state index in [1.807, 2.05) is 13.2 Å². The molecule has 0 aliphatic carbocycles. The fraction of sp³-hybridized carbons (Fsp3) is 0.600. The summed E-state index contributed by atoms with van der Waals surface area (Å²) in [5.41, 5.74) is 2.79. The molecule has 0 saturated carbocycles. The van der Waals surface area contributed by atoms with Crippen LogP contribution in [0.3, 0.4) is 0 Å². The molecule has 0 aromatic heterocycles. The molecule has 0 amide bonds. The minimum Gasteiger partial charge on any atom is -0.394 e. The first-order valence-corrected chi connectivity index (χ1v) is 4.29. The van der Waals surface area contributed by atoms with Gasteiger partial charge in [0.05, 0.1) is 0 Å². The van der Waals surface area contributed by atoms with Crippen molar-refractivity contribution in [1.29, 1.82) is 0 Å². The topological polar surface area (TPSA) is 12.0 Å². The van der Waals surface area contributed by atoms with Gasteiger partial charge in [0.1, 0.15) is 0 Å². The fourth-order valence-electron chi connectivity index (χ4n) is 1.14. The molecule has 1 N–H and O–H groups in total. The average Bonchev–Trinajstić information content (AvgIpc) is 2.00. The minimum absolute atomic E-state index is 1.12.